The second kappa shape index (κ2) is 9.47. The van der Waals surface area contributed by atoms with Crippen molar-refractivity contribution in [3.05, 3.63) is 47.8 Å². The molecule has 0 bridgehead atoms. The first-order valence-corrected chi connectivity index (χ1v) is 8.20. The number of nitrogens with one attached hydrogen (secondary N) is 2. The van der Waals surface area contributed by atoms with Gasteiger partial charge in [-0.25, -0.2) is 14.8 Å². The summed E-state index contributed by atoms with van der Waals surface area (Å²) in [6.07, 6.45) is 3.89. The smallest absolute Gasteiger partial charge is 0.337 e. The van der Waals surface area contributed by atoms with E-state index in [9.17, 15) is 9.59 Å². The summed E-state index contributed by atoms with van der Waals surface area (Å²) >= 11 is 0. The van der Waals surface area contributed by atoms with Gasteiger partial charge in [0, 0.05) is 24.6 Å². The third-order valence-corrected chi connectivity index (χ3v) is 3.52. The van der Waals surface area contributed by atoms with Gasteiger partial charge in [-0.15, -0.1) is 0 Å². The van der Waals surface area contributed by atoms with E-state index in [1.54, 1.807) is 24.3 Å². The van der Waals surface area contributed by atoms with Gasteiger partial charge in [0.25, 0.3) is 5.91 Å². The van der Waals surface area contributed by atoms with Crippen molar-refractivity contribution >= 4 is 23.5 Å². The number of aromatic nitrogens is 2. The molecule has 2 rings (SSSR count). The van der Waals surface area contributed by atoms with Crippen molar-refractivity contribution in [2.75, 3.05) is 44.9 Å². The molecule has 0 fully saturated rings. The van der Waals surface area contributed by atoms with Crippen molar-refractivity contribution < 1.29 is 14.3 Å². The molecular formula is C18H23N5O3. The highest BCUT2D eigenvalue weighted by atomic mass is 16.5. The van der Waals surface area contributed by atoms with Gasteiger partial charge in [-0.3, -0.25) is 4.79 Å². The van der Waals surface area contributed by atoms with Crippen molar-refractivity contribution in [2.24, 2.45) is 0 Å². The highest BCUT2D eigenvalue weighted by Gasteiger charge is 2.10. The Morgan fingerprint density at radius 1 is 1.15 bits per heavy atom. The first-order chi connectivity index (χ1) is 12.5. The number of rotatable bonds is 8. The molecule has 0 atom stereocenters. The summed E-state index contributed by atoms with van der Waals surface area (Å²) in [7, 11) is 5.34. The van der Waals surface area contributed by atoms with Gasteiger partial charge in [0.15, 0.2) is 0 Å². The molecule has 0 aliphatic heterocycles. The van der Waals surface area contributed by atoms with Crippen LogP contribution in [0.5, 0.6) is 0 Å². The molecule has 8 heteroatoms. The van der Waals surface area contributed by atoms with Crippen LogP contribution in [-0.2, 0) is 4.74 Å². The number of amides is 1. The third kappa shape index (κ3) is 5.82. The first kappa shape index (κ1) is 19.3. The maximum absolute atomic E-state index is 12.3. The molecule has 1 aromatic heterocycles. The lowest BCUT2D eigenvalue weighted by atomic mass is 10.2. The van der Waals surface area contributed by atoms with Crippen LogP contribution in [0.2, 0.25) is 0 Å². The molecule has 1 amide bonds. The number of carbonyl (C=O) groups is 2. The Hall–Kier alpha value is -3.00. The lowest BCUT2D eigenvalue weighted by Crippen LogP contribution is -2.17. The standard InChI is InChI=1S/C18H23N5O3/c1-23(2)9-5-8-19-18-20-11-14(12-21-18)16(24)22-15-7-4-6-13(10-15)17(25)26-3/h4,6-7,10-12H,5,8-9H2,1-3H3,(H,22,24)(H,19,20,21). The Morgan fingerprint density at radius 3 is 2.54 bits per heavy atom. The van der Waals surface area contributed by atoms with Crippen LogP contribution in [0.3, 0.4) is 0 Å². The van der Waals surface area contributed by atoms with Crippen molar-refractivity contribution in [3.63, 3.8) is 0 Å². The quantitative estimate of drug-likeness (QED) is 0.550. The minimum atomic E-state index is -0.464. The highest BCUT2D eigenvalue weighted by molar-refractivity contribution is 6.04. The fraction of sp³-hybridized carbons (Fsp3) is 0.333. The average Bonchev–Trinajstić information content (AvgIpc) is 2.65. The van der Waals surface area contributed by atoms with Crippen LogP contribution in [0, 0.1) is 0 Å². The Morgan fingerprint density at radius 2 is 1.88 bits per heavy atom. The van der Waals surface area contributed by atoms with Gasteiger partial charge in [-0.1, -0.05) is 6.07 Å². The van der Waals surface area contributed by atoms with Gasteiger partial charge in [-0.2, -0.15) is 0 Å². The van der Waals surface area contributed by atoms with Crippen LogP contribution in [-0.4, -0.2) is 61.0 Å². The Kier molecular flexibility index (Phi) is 7.04. The lowest BCUT2D eigenvalue weighted by molar-refractivity contribution is 0.0600. The highest BCUT2D eigenvalue weighted by Crippen LogP contribution is 2.13. The van der Waals surface area contributed by atoms with Gasteiger partial charge >= 0.3 is 5.97 Å². The second-order valence-electron chi connectivity index (χ2n) is 5.91. The number of anilines is 2. The van der Waals surface area contributed by atoms with Crippen LogP contribution in [0.25, 0.3) is 0 Å². The minimum Gasteiger partial charge on any atom is -0.465 e. The average molecular weight is 357 g/mol. The molecule has 0 radical (unpaired) electrons. The summed E-state index contributed by atoms with van der Waals surface area (Å²) in [5, 5.41) is 5.82. The summed E-state index contributed by atoms with van der Waals surface area (Å²) in [5.74, 6) is -0.340. The number of benzene rings is 1. The molecule has 0 aliphatic rings. The van der Waals surface area contributed by atoms with Crippen LogP contribution in [0.15, 0.2) is 36.7 Å². The molecule has 0 saturated heterocycles. The monoisotopic (exact) mass is 357 g/mol. The Bertz CT molecular complexity index is 747. The third-order valence-electron chi connectivity index (χ3n) is 3.52. The zero-order chi connectivity index (χ0) is 18.9. The van der Waals surface area contributed by atoms with E-state index in [-0.39, 0.29) is 5.91 Å². The SMILES string of the molecule is COC(=O)c1cccc(NC(=O)c2cnc(NCCCN(C)C)nc2)c1. The maximum atomic E-state index is 12.3. The van der Waals surface area contributed by atoms with E-state index in [1.165, 1.54) is 19.5 Å². The van der Waals surface area contributed by atoms with Crippen LogP contribution >= 0.6 is 0 Å². The zero-order valence-electron chi connectivity index (χ0n) is 15.2. The molecular weight excluding hydrogens is 334 g/mol. The predicted molar refractivity (Wildman–Crippen MR) is 99.4 cm³/mol. The number of hydrogen-bond donors (Lipinski definition) is 2. The van der Waals surface area contributed by atoms with Gasteiger partial charge in [0.2, 0.25) is 5.95 Å². The Labute approximate surface area is 152 Å². The minimum absolute atomic E-state index is 0.326. The van der Waals surface area contributed by atoms with Crippen molar-refractivity contribution in [2.45, 2.75) is 6.42 Å². The van der Waals surface area contributed by atoms with E-state index in [0.29, 0.717) is 22.8 Å². The molecule has 0 unspecified atom stereocenters. The first-order valence-electron chi connectivity index (χ1n) is 8.20. The molecule has 0 spiro atoms. The fourth-order valence-electron chi connectivity index (χ4n) is 2.18. The van der Waals surface area contributed by atoms with E-state index >= 15 is 0 Å². The second-order valence-corrected chi connectivity index (χ2v) is 5.91. The van der Waals surface area contributed by atoms with Gasteiger partial charge in [0.1, 0.15) is 0 Å². The normalized spacial score (nSPS) is 10.5. The summed E-state index contributed by atoms with van der Waals surface area (Å²) in [4.78, 5) is 34.2. The van der Waals surface area contributed by atoms with Gasteiger partial charge in [0.05, 0.1) is 18.2 Å². The summed E-state index contributed by atoms with van der Waals surface area (Å²) in [5.41, 5.74) is 1.18. The Balaban J connectivity index is 1.92. The summed E-state index contributed by atoms with van der Waals surface area (Å²) in [6, 6.07) is 6.51. The molecule has 1 aromatic carbocycles. The van der Waals surface area contributed by atoms with E-state index in [4.69, 9.17) is 0 Å². The summed E-state index contributed by atoms with van der Waals surface area (Å²) < 4.78 is 4.67. The number of hydrogen-bond acceptors (Lipinski definition) is 7. The molecule has 2 N–H and O–H groups in total. The van der Waals surface area contributed by atoms with E-state index in [0.717, 1.165) is 19.5 Å². The van der Waals surface area contributed by atoms with E-state index in [1.807, 2.05) is 14.1 Å². The van der Waals surface area contributed by atoms with Crippen molar-refractivity contribution in [1.29, 1.82) is 0 Å². The molecule has 138 valence electrons. The fourth-order valence-corrected chi connectivity index (χ4v) is 2.18. The number of nitrogens with zero attached hydrogens (tertiary/aromatic N) is 3. The van der Waals surface area contributed by atoms with Crippen molar-refractivity contribution in [1.82, 2.24) is 14.9 Å². The molecule has 26 heavy (non-hydrogen) atoms. The number of methoxy groups -OCH3 is 1. The molecule has 1 heterocycles. The van der Waals surface area contributed by atoms with Gasteiger partial charge in [-0.05, 0) is 45.3 Å². The largest absolute Gasteiger partial charge is 0.465 e. The summed E-state index contributed by atoms with van der Waals surface area (Å²) in [6.45, 7) is 1.72. The number of ether oxygens (including phenoxy) is 1. The molecule has 0 aliphatic carbocycles. The number of esters is 1. The lowest BCUT2D eigenvalue weighted by Gasteiger charge is -2.10. The van der Waals surface area contributed by atoms with E-state index in [2.05, 4.69) is 30.2 Å². The van der Waals surface area contributed by atoms with Crippen LogP contribution < -0.4 is 10.6 Å². The van der Waals surface area contributed by atoms with Crippen molar-refractivity contribution in [3.8, 4) is 0 Å². The molecule has 8 nitrogen and oxygen atoms in total. The zero-order valence-corrected chi connectivity index (χ0v) is 15.2. The van der Waals surface area contributed by atoms with Crippen LogP contribution in [0.1, 0.15) is 27.1 Å². The van der Waals surface area contributed by atoms with E-state index < -0.39 is 5.97 Å². The van der Waals surface area contributed by atoms with Crippen LogP contribution in [0.4, 0.5) is 11.6 Å². The predicted octanol–water partition coefficient (Wildman–Crippen LogP) is 1.88. The van der Waals surface area contributed by atoms with Gasteiger partial charge < -0.3 is 20.3 Å². The maximum Gasteiger partial charge on any atom is 0.337 e. The number of carbonyl (C=O) groups excluding carboxylic acids is 2. The topological polar surface area (TPSA) is 96.4 Å². The molecule has 2 aromatic rings. The molecule has 0 saturated carbocycles.